The van der Waals surface area contributed by atoms with Gasteiger partial charge < -0.3 is 14.4 Å². The summed E-state index contributed by atoms with van der Waals surface area (Å²) in [4.78, 5) is 25.9. The van der Waals surface area contributed by atoms with Crippen molar-refractivity contribution in [1.82, 2.24) is 4.90 Å². The van der Waals surface area contributed by atoms with Crippen molar-refractivity contribution < 1.29 is 19.1 Å². The molecule has 1 aliphatic heterocycles. The molecule has 0 aliphatic carbocycles. The third-order valence-electron chi connectivity index (χ3n) is 4.30. The highest BCUT2D eigenvalue weighted by Gasteiger charge is 2.24. The number of nitrogens with zero attached hydrogens (tertiary/aromatic N) is 1. The number of benzene rings is 1. The van der Waals surface area contributed by atoms with Gasteiger partial charge in [0.25, 0.3) is 5.91 Å². The van der Waals surface area contributed by atoms with Gasteiger partial charge in [-0.3, -0.25) is 9.59 Å². The van der Waals surface area contributed by atoms with Crippen LogP contribution in [0.4, 0.5) is 0 Å². The molecule has 1 amide bonds. The number of hydrogen-bond acceptors (Lipinski definition) is 4. The van der Waals surface area contributed by atoms with Crippen LogP contribution in [0.25, 0.3) is 0 Å². The summed E-state index contributed by atoms with van der Waals surface area (Å²) >= 11 is 0. The molecule has 5 nitrogen and oxygen atoms in total. The molecule has 5 heteroatoms. The molecule has 1 unspecified atom stereocenters. The molecule has 1 aliphatic rings. The molecule has 0 spiro atoms. The van der Waals surface area contributed by atoms with Gasteiger partial charge in [-0.15, -0.1) is 0 Å². The van der Waals surface area contributed by atoms with Crippen molar-refractivity contribution in [2.24, 2.45) is 0 Å². The molecule has 0 bridgehead atoms. The molecule has 1 atom stereocenters. The minimum absolute atomic E-state index is 0.0585. The number of esters is 1. The van der Waals surface area contributed by atoms with Gasteiger partial charge in [0.15, 0.2) is 0 Å². The molecule has 0 aromatic heterocycles. The topological polar surface area (TPSA) is 55.8 Å². The van der Waals surface area contributed by atoms with Crippen LogP contribution in [0.2, 0.25) is 0 Å². The van der Waals surface area contributed by atoms with Gasteiger partial charge in [-0.2, -0.15) is 0 Å². The molecule has 23 heavy (non-hydrogen) atoms. The Labute approximate surface area is 137 Å². The van der Waals surface area contributed by atoms with E-state index in [4.69, 9.17) is 4.74 Å². The maximum atomic E-state index is 12.8. The van der Waals surface area contributed by atoms with E-state index in [1.165, 1.54) is 7.11 Å². The first-order valence-corrected chi connectivity index (χ1v) is 8.06. The molecule has 126 valence electrons. The number of rotatable bonds is 6. The monoisotopic (exact) mass is 319 g/mol. The first-order chi connectivity index (χ1) is 11.0. The Kier molecular flexibility index (Phi) is 6.16. The highest BCUT2D eigenvalue weighted by atomic mass is 16.5. The summed E-state index contributed by atoms with van der Waals surface area (Å²) < 4.78 is 10.3. The van der Waals surface area contributed by atoms with E-state index in [9.17, 15) is 9.59 Å². The van der Waals surface area contributed by atoms with E-state index in [1.807, 2.05) is 32.0 Å². The first kappa shape index (κ1) is 17.5. The van der Waals surface area contributed by atoms with E-state index in [2.05, 4.69) is 4.74 Å². The second-order valence-electron chi connectivity index (χ2n) is 6.01. The van der Waals surface area contributed by atoms with E-state index in [0.29, 0.717) is 18.7 Å². The summed E-state index contributed by atoms with van der Waals surface area (Å²) in [6.45, 7) is 5.62. The number of carbonyl (C=O) groups is 2. The number of carbonyl (C=O) groups excluding carboxylic acids is 2. The van der Waals surface area contributed by atoms with Crippen LogP contribution < -0.4 is 0 Å². The SMILES string of the molecule is COC(=O)CCN(CC1CCCO1)C(=O)c1ccc(C)c(C)c1. The van der Waals surface area contributed by atoms with Crippen molar-refractivity contribution in [2.75, 3.05) is 26.8 Å². The first-order valence-electron chi connectivity index (χ1n) is 8.06. The van der Waals surface area contributed by atoms with Gasteiger partial charge in [-0.05, 0) is 49.9 Å². The summed E-state index contributed by atoms with van der Waals surface area (Å²) in [5, 5.41) is 0. The quantitative estimate of drug-likeness (QED) is 0.756. The Morgan fingerprint density at radius 2 is 2.09 bits per heavy atom. The average molecular weight is 319 g/mol. The highest BCUT2D eigenvalue weighted by Crippen LogP contribution is 2.17. The van der Waals surface area contributed by atoms with Crippen molar-refractivity contribution >= 4 is 11.9 Å². The van der Waals surface area contributed by atoms with Gasteiger partial charge in [0.1, 0.15) is 0 Å². The Morgan fingerprint density at radius 1 is 1.30 bits per heavy atom. The summed E-state index contributed by atoms with van der Waals surface area (Å²) in [5.41, 5.74) is 2.89. The molecule has 2 rings (SSSR count). The zero-order chi connectivity index (χ0) is 16.8. The molecule has 1 saturated heterocycles. The van der Waals surface area contributed by atoms with E-state index in [0.717, 1.165) is 30.6 Å². The van der Waals surface area contributed by atoms with Gasteiger partial charge >= 0.3 is 5.97 Å². The Balaban J connectivity index is 2.10. The molecule has 1 aromatic rings. The van der Waals surface area contributed by atoms with E-state index in [-0.39, 0.29) is 24.4 Å². The zero-order valence-electron chi connectivity index (χ0n) is 14.1. The van der Waals surface area contributed by atoms with E-state index in [1.54, 1.807) is 4.90 Å². The molecule has 0 radical (unpaired) electrons. The van der Waals surface area contributed by atoms with Crippen molar-refractivity contribution in [3.8, 4) is 0 Å². The van der Waals surface area contributed by atoms with Gasteiger partial charge in [-0.1, -0.05) is 6.07 Å². The van der Waals surface area contributed by atoms with Crippen LogP contribution in [0.3, 0.4) is 0 Å². The lowest BCUT2D eigenvalue weighted by atomic mass is 10.1. The molecule has 0 saturated carbocycles. The standard InChI is InChI=1S/C18H25NO4/c1-13-6-7-15(11-14(13)2)18(21)19(9-8-17(20)22-3)12-16-5-4-10-23-16/h6-7,11,16H,4-5,8-10,12H2,1-3H3. The van der Waals surface area contributed by atoms with Crippen LogP contribution in [-0.4, -0.2) is 49.7 Å². The van der Waals surface area contributed by atoms with Crippen molar-refractivity contribution in [3.05, 3.63) is 34.9 Å². The summed E-state index contributed by atoms with van der Waals surface area (Å²) in [6, 6.07) is 5.69. The maximum absolute atomic E-state index is 12.8. The summed E-state index contributed by atoms with van der Waals surface area (Å²) in [5.74, 6) is -0.372. The summed E-state index contributed by atoms with van der Waals surface area (Å²) in [6.07, 6.45) is 2.23. The maximum Gasteiger partial charge on any atom is 0.307 e. The zero-order valence-corrected chi connectivity index (χ0v) is 14.1. The second-order valence-corrected chi connectivity index (χ2v) is 6.01. The lowest BCUT2D eigenvalue weighted by molar-refractivity contribution is -0.140. The number of methoxy groups -OCH3 is 1. The summed E-state index contributed by atoms with van der Waals surface area (Å²) in [7, 11) is 1.36. The Morgan fingerprint density at radius 3 is 2.70 bits per heavy atom. The van der Waals surface area contributed by atoms with Crippen LogP contribution in [0.15, 0.2) is 18.2 Å². The number of amides is 1. The largest absolute Gasteiger partial charge is 0.469 e. The predicted octanol–water partition coefficient (Wildman–Crippen LogP) is 2.49. The predicted molar refractivity (Wildman–Crippen MR) is 87.4 cm³/mol. The molecule has 1 aromatic carbocycles. The lowest BCUT2D eigenvalue weighted by Gasteiger charge is -2.25. The van der Waals surface area contributed by atoms with Gasteiger partial charge in [0.05, 0.1) is 19.6 Å². The minimum atomic E-state index is -0.310. The highest BCUT2D eigenvalue weighted by molar-refractivity contribution is 5.94. The molecular weight excluding hydrogens is 294 g/mol. The van der Waals surface area contributed by atoms with E-state index < -0.39 is 0 Å². The van der Waals surface area contributed by atoms with Crippen molar-refractivity contribution in [2.45, 2.75) is 39.2 Å². The van der Waals surface area contributed by atoms with Crippen molar-refractivity contribution in [3.63, 3.8) is 0 Å². The normalized spacial score (nSPS) is 17.1. The fraction of sp³-hybridized carbons (Fsp3) is 0.556. The van der Waals surface area contributed by atoms with Crippen LogP contribution in [0.5, 0.6) is 0 Å². The lowest BCUT2D eigenvalue weighted by Crippen LogP contribution is -2.39. The third-order valence-corrected chi connectivity index (χ3v) is 4.30. The van der Waals surface area contributed by atoms with Crippen LogP contribution >= 0.6 is 0 Å². The second kappa shape index (κ2) is 8.11. The molecule has 0 N–H and O–H groups in total. The minimum Gasteiger partial charge on any atom is -0.469 e. The fourth-order valence-corrected chi connectivity index (χ4v) is 2.70. The van der Waals surface area contributed by atoms with Crippen LogP contribution in [0, 0.1) is 13.8 Å². The van der Waals surface area contributed by atoms with E-state index >= 15 is 0 Å². The Hall–Kier alpha value is -1.88. The molecule has 1 heterocycles. The van der Waals surface area contributed by atoms with Gasteiger partial charge in [0.2, 0.25) is 0 Å². The van der Waals surface area contributed by atoms with Crippen molar-refractivity contribution in [1.29, 1.82) is 0 Å². The van der Waals surface area contributed by atoms with Crippen LogP contribution in [0.1, 0.15) is 40.7 Å². The third kappa shape index (κ3) is 4.79. The number of hydrogen-bond donors (Lipinski definition) is 0. The smallest absolute Gasteiger partial charge is 0.307 e. The number of aryl methyl sites for hydroxylation is 2. The fourth-order valence-electron chi connectivity index (χ4n) is 2.70. The van der Waals surface area contributed by atoms with Crippen LogP contribution in [-0.2, 0) is 14.3 Å². The molecule has 1 fully saturated rings. The van der Waals surface area contributed by atoms with Gasteiger partial charge in [-0.25, -0.2) is 0 Å². The Bertz CT molecular complexity index is 564. The average Bonchev–Trinajstić information content (AvgIpc) is 3.06. The number of ether oxygens (including phenoxy) is 2. The van der Waals surface area contributed by atoms with Gasteiger partial charge in [0, 0.05) is 25.3 Å². The molecular formula is C18H25NO4.